The van der Waals surface area contributed by atoms with Gasteiger partial charge in [-0.1, -0.05) is 0 Å². The van der Waals surface area contributed by atoms with Gasteiger partial charge in [0.2, 0.25) is 17.4 Å². The van der Waals surface area contributed by atoms with E-state index in [1.807, 2.05) is 0 Å². The van der Waals surface area contributed by atoms with E-state index in [2.05, 4.69) is 15.6 Å². The summed E-state index contributed by atoms with van der Waals surface area (Å²) in [5.41, 5.74) is -3.06. The molecule has 1 aliphatic rings. The quantitative estimate of drug-likeness (QED) is 0.752. The van der Waals surface area contributed by atoms with Crippen molar-refractivity contribution in [1.82, 2.24) is 15.6 Å². The van der Waals surface area contributed by atoms with Gasteiger partial charge in [-0.15, -0.1) is 11.3 Å². The number of hydrogen-bond donors (Lipinski definition) is 3. The van der Waals surface area contributed by atoms with Gasteiger partial charge in [0.05, 0.1) is 6.42 Å². The van der Waals surface area contributed by atoms with Gasteiger partial charge in [-0.05, 0) is 26.2 Å². The van der Waals surface area contributed by atoms with Crippen molar-refractivity contribution in [2.45, 2.75) is 50.4 Å². The number of nitrogens with one attached hydrogen (secondary N) is 2. The number of nitrogens with zero attached hydrogens (tertiary/aromatic N) is 1. The van der Waals surface area contributed by atoms with E-state index >= 15 is 0 Å². The van der Waals surface area contributed by atoms with E-state index in [1.54, 1.807) is 0 Å². The summed E-state index contributed by atoms with van der Waals surface area (Å²) in [6, 6.07) is -0.893. The summed E-state index contributed by atoms with van der Waals surface area (Å²) in [6.07, 6.45) is -4.56. The van der Waals surface area contributed by atoms with Crippen LogP contribution in [0.3, 0.4) is 0 Å². The summed E-state index contributed by atoms with van der Waals surface area (Å²) in [5, 5.41) is 15.7. The first-order valence-electron chi connectivity index (χ1n) is 7.42. The standard InChI is InChI=1S/C14H18F3N3O3S/c1-8-7-24-12(19-8)13(23,14(15,16)17)6-10(21)20-9-4-2-3-5-18-11(9)22/h7,9,23H,2-6H2,1H3,(H,18,22)(H,20,21)/t9-,13-/m1/s1. The van der Waals surface area contributed by atoms with Crippen LogP contribution in [-0.4, -0.2) is 40.7 Å². The molecule has 134 valence electrons. The number of amides is 2. The van der Waals surface area contributed by atoms with Gasteiger partial charge in [0.25, 0.3) is 0 Å². The number of aryl methyl sites for hydroxylation is 1. The lowest BCUT2D eigenvalue weighted by Crippen LogP contribution is -2.50. The molecule has 1 saturated heterocycles. The number of aliphatic hydroxyl groups is 1. The van der Waals surface area contributed by atoms with Crippen molar-refractivity contribution in [3.63, 3.8) is 0 Å². The lowest BCUT2D eigenvalue weighted by atomic mass is 9.98. The molecule has 2 atom stereocenters. The third kappa shape index (κ3) is 4.04. The molecule has 0 aromatic carbocycles. The summed E-state index contributed by atoms with van der Waals surface area (Å²) in [5.74, 6) is -1.48. The Labute approximate surface area is 140 Å². The third-order valence-corrected chi connectivity index (χ3v) is 4.84. The second-order valence-corrected chi connectivity index (χ2v) is 6.59. The van der Waals surface area contributed by atoms with E-state index in [1.165, 1.54) is 12.3 Å². The Kier molecular flexibility index (Phi) is 5.49. The van der Waals surface area contributed by atoms with Crippen molar-refractivity contribution in [2.24, 2.45) is 0 Å². The average Bonchev–Trinajstić information content (AvgIpc) is 2.81. The highest BCUT2D eigenvalue weighted by Gasteiger charge is 2.58. The molecule has 1 fully saturated rings. The summed E-state index contributed by atoms with van der Waals surface area (Å²) >= 11 is 0.635. The number of halogens is 3. The van der Waals surface area contributed by atoms with E-state index in [4.69, 9.17) is 0 Å². The van der Waals surface area contributed by atoms with Crippen LogP contribution in [0.15, 0.2) is 5.38 Å². The van der Waals surface area contributed by atoms with Crippen molar-refractivity contribution in [3.8, 4) is 0 Å². The Morgan fingerprint density at radius 3 is 2.79 bits per heavy atom. The van der Waals surface area contributed by atoms with Crippen molar-refractivity contribution in [1.29, 1.82) is 0 Å². The van der Waals surface area contributed by atoms with E-state index in [9.17, 15) is 27.9 Å². The van der Waals surface area contributed by atoms with Crippen LogP contribution >= 0.6 is 11.3 Å². The number of thiazole rings is 1. The molecule has 1 aliphatic heterocycles. The Balaban J connectivity index is 2.14. The van der Waals surface area contributed by atoms with Crippen LogP contribution in [0, 0.1) is 6.92 Å². The molecular weight excluding hydrogens is 347 g/mol. The zero-order chi connectivity index (χ0) is 18.0. The molecule has 0 bridgehead atoms. The summed E-state index contributed by atoms with van der Waals surface area (Å²) in [4.78, 5) is 27.5. The maximum atomic E-state index is 13.3. The van der Waals surface area contributed by atoms with Gasteiger partial charge < -0.3 is 15.7 Å². The van der Waals surface area contributed by atoms with Crippen LogP contribution in [-0.2, 0) is 15.2 Å². The fourth-order valence-corrected chi connectivity index (χ4v) is 3.31. The summed E-state index contributed by atoms with van der Waals surface area (Å²) in [6.45, 7) is 1.96. The van der Waals surface area contributed by atoms with Crippen molar-refractivity contribution >= 4 is 23.2 Å². The fraction of sp³-hybridized carbons (Fsp3) is 0.643. The van der Waals surface area contributed by atoms with Crippen LogP contribution in [0.1, 0.15) is 36.4 Å². The van der Waals surface area contributed by atoms with Gasteiger partial charge in [0, 0.05) is 17.6 Å². The normalized spacial score (nSPS) is 21.5. The summed E-state index contributed by atoms with van der Waals surface area (Å²) in [7, 11) is 0. The molecule has 10 heteroatoms. The first-order valence-corrected chi connectivity index (χ1v) is 8.30. The first-order chi connectivity index (χ1) is 11.1. The number of alkyl halides is 3. The van der Waals surface area contributed by atoms with Gasteiger partial charge in [-0.2, -0.15) is 13.2 Å². The number of aromatic nitrogens is 1. The van der Waals surface area contributed by atoms with Crippen LogP contribution in [0.2, 0.25) is 0 Å². The van der Waals surface area contributed by atoms with Crippen molar-refractivity contribution in [2.75, 3.05) is 6.54 Å². The van der Waals surface area contributed by atoms with E-state index in [-0.39, 0.29) is 0 Å². The highest BCUT2D eigenvalue weighted by Crippen LogP contribution is 2.42. The second kappa shape index (κ2) is 7.06. The Bertz CT molecular complexity index is 620. The minimum absolute atomic E-state index is 0.321. The van der Waals surface area contributed by atoms with E-state index in [0.717, 1.165) is 6.42 Å². The molecule has 1 aromatic rings. The number of rotatable bonds is 4. The largest absolute Gasteiger partial charge is 0.424 e. The topological polar surface area (TPSA) is 91.3 Å². The molecule has 0 saturated carbocycles. The SMILES string of the molecule is Cc1csc([C@](O)(CC(=O)N[C@@H]2CCCCNC2=O)C(F)(F)F)n1. The number of carbonyl (C=O) groups excluding carboxylic acids is 2. The van der Waals surface area contributed by atoms with Gasteiger partial charge in [0.1, 0.15) is 11.0 Å². The molecule has 0 radical (unpaired) electrons. The third-order valence-electron chi connectivity index (χ3n) is 3.73. The van der Waals surface area contributed by atoms with Gasteiger partial charge in [-0.25, -0.2) is 4.98 Å². The molecule has 0 unspecified atom stereocenters. The first kappa shape index (κ1) is 18.7. The summed E-state index contributed by atoms with van der Waals surface area (Å²) < 4.78 is 40.0. The van der Waals surface area contributed by atoms with Gasteiger partial charge in [-0.3, -0.25) is 9.59 Å². The van der Waals surface area contributed by atoms with Crippen LogP contribution in [0.4, 0.5) is 13.2 Å². The number of carbonyl (C=O) groups is 2. The molecule has 1 aromatic heterocycles. The highest BCUT2D eigenvalue weighted by molar-refractivity contribution is 7.09. The second-order valence-electron chi connectivity index (χ2n) is 5.74. The molecule has 2 heterocycles. The zero-order valence-electron chi connectivity index (χ0n) is 12.9. The van der Waals surface area contributed by atoms with Crippen molar-refractivity contribution < 1.29 is 27.9 Å². The lowest BCUT2D eigenvalue weighted by molar-refractivity contribution is -0.267. The van der Waals surface area contributed by atoms with Crippen molar-refractivity contribution in [3.05, 3.63) is 16.1 Å². The molecule has 6 nitrogen and oxygen atoms in total. The number of hydrogen-bond acceptors (Lipinski definition) is 5. The minimum atomic E-state index is -5.07. The molecular formula is C14H18F3N3O3S. The average molecular weight is 365 g/mol. The van der Waals surface area contributed by atoms with Crippen LogP contribution in [0.25, 0.3) is 0 Å². The van der Waals surface area contributed by atoms with Gasteiger partial charge in [0.15, 0.2) is 0 Å². The Morgan fingerprint density at radius 1 is 1.50 bits per heavy atom. The maximum absolute atomic E-state index is 13.3. The van der Waals surface area contributed by atoms with Gasteiger partial charge >= 0.3 is 6.18 Å². The minimum Gasteiger partial charge on any atom is -0.374 e. The lowest BCUT2D eigenvalue weighted by Gasteiger charge is -2.28. The molecule has 2 rings (SSSR count). The predicted molar refractivity (Wildman–Crippen MR) is 80.2 cm³/mol. The highest BCUT2D eigenvalue weighted by atomic mass is 32.1. The monoisotopic (exact) mass is 365 g/mol. The van der Waals surface area contributed by atoms with E-state index in [0.29, 0.717) is 36.4 Å². The maximum Gasteiger partial charge on any atom is 0.424 e. The molecule has 3 N–H and O–H groups in total. The fourth-order valence-electron chi connectivity index (χ4n) is 2.40. The Hall–Kier alpha value is -1.68. The predicted octanol–water partition coefficient (Wildman–Crippen LogP) is 1.38. The Morgan fingerprint density at radius 2 is 2.21 bits per heavy atom. The molecule has 2 amide bonds. The zero-order valence-corrected chi connectivity index (χ0v) is 13.8. The smallest absolute Gasteiger partial charge is 0.374 e. The van der Waals surface area contributed by atoms with Crippen LogP contribution < -0.4 is 10.6 Å². The van der Waals surface area contributed by atoms with Crippen LogP contribution in [0.5, 0.6) is 0 Å². The molecule has 0 spiro atoms. The molecule has 0 aliphatic carbocycles. The van der Waals surface area contributed by atoms with E-state index < -0.39 is 41.1 Å². The molecule has 24 heavy (non-hydrogen) atoms.